The number of nitrogens with zero attached hydrogens (tertiary/aromatic N) is 3. The predicted octanol–water partition coefficient (Wildman–Crippen LogP) is 5.48. The van der Waals surface area contributed by atoms with Crippen LogP contribution in [0.2, 0.25) is 10.0 Å². The molecule has 1 fully saturated rings. The Bertz CT molecular complexity index is 1040. The number of hydrogen-bond donors (Lipinski definition) is 1. The number of carbonyl (C=O) groups excluding carboxylic acids is 1. The summed E-state index contributed by atoms with van der Waals surface area (Å²) in [5.74, 6) is 0.433. The van der Waals surface area contributed by atoms with E-state index >= 15 is 0 Å². The second-order valence-corrected chi connectivity index (χ2v) is 8.25. The van der Waals surface area contributed by atoms with Crippen LogP contribution in [0.15, 0.2) is 54.7 Å². The highest BCUT2D eigenvalue weighted by Gasteiger charge is 2.24. The number of likely N-dealkylation sites (N-methyl/N-ethyl adjacent to an activating group) is 1. The summed E-state index contributed by atoms with van der Waals surface area (Å²) in [4.78, 5) is 20.0. The van der Waals surface area contributed by atoms with Crippen LogP contribution in [0.3, 0.4) is 0 Å². The van der Waals surface area contributed by atoms with Crippen molar-refractivity contribution in [3.63, 3.8) is 0 Å². The number of imidazole rings is 1. The van der Waals surface area contributed by atoms with Crippen LogP contribution in [0.4, 0.5) is 0 Å². The lowest BCUT2D eigenvalue weighted by Gasteiger charge is -2.22. The Hall–Kier alpha value is -2.05. The van der Waals surface area contributed by atoms with Gasteiger partial charge in [-0.2, -0.15) is 0 Å². The number of carbonyl (C=O) groups is 1. The van der Waals surface area contributed by atoms with E-state index in [1.807, 2.05) is 53.1 Å². The predicted molar refractivity (Wildman–Crippen MR) is 129 cm³/mol. The fourth-order valence-corrected chi connectivity index (χ4v) is 4.31. The molecule has 1 N–H and O–H groups in total. The first kappa shape index (κ1) is 23.6. The van der Waals surface area contributed by atoms with E-state index in [0.717, 1.165) is 30.8 Å². The molecule has 0 bridgehead atoms. The highest BCUT2D eigenvalue weighted by molar-refractivity contribution is 6.33. The van der Waals surface area contributed by atoms with Crippen molar-refractivity contribution in [2.75, 3.05) is 19.6 Å². The third-order valence-electron chi connectivity index (χ3n) is 5.56. The number of aromatic nitrogens is 2. The number of benzene rings is 2. The molecule has 5 nitrogen and oxygen atoms in total. The molecule has 4 rings (SSSR count). The molecule has 2 heterocycles. The molecule has 8 heteroatoms. The largest absolute Gasteiger partial charge is 0.349 e. The first-order chi connectivity index (χ1) is 14.6. The van der Waals surface area contributed by atoms with E-state index in [0.29, 0.717) is 34.2 Å². The van der Waals surface area contributed by atoms with Gasteiger partial charge in [-0.15, -0.1) is 12.4 Å². The minimum absolute atomic E-state index is 0. The minimum atomic E-state index is -0.182. The number of amides is 1. The molecule has 1 saturated heterocycles. The molecule has 0 spiro atoms. The van der Waals surface area contributed by atoms with Crippen LogP contribution in [-0.2, 0) is 0 Å². The third-order valence-corrected chi connectivity index (χ3v) is 6.14. The van der Waals surface area contributed by atoms with Gasteiger partial charge in [0.05, 0.1) is 5.02 Å². The number of rotatable bonds is 6. The zero-order valence-electron chi connectivity index (χ0n) is 17.2. The first-order valence-corrected chi connectivity index (χ1v) is 10.9. The maximum atomic E-state index is 12.9. The van der Waals surface area contributed by atoms with Crippen molar-refractivity contribution in [2.45, 2.75) is 25.8 Å². The lowest BCUT2D eigenvalue weighted by atomic mass is 10.2. The summed E-state index contributed by atoms with van der Waals surface area (Å²) in [6.07, 6.45) is 4.04. The van der Waals surface area contributed by atoms with Crippen LogP contribution >= 0.6 is 35.6 Å². The van der Waals surface area contributed by atoms with E-state index in [2.05, 4.69) is 22.1 Å². The molecule has 1 aromatic heterocycles. The van der Waals surface area contributed by atoms with Gasteiger partial charge in [0.2, 0.25) is 0 Å². The number of likely N-dealkylation sites (tertiary alicyclic amines) is 1. The molecule has 1 aliphatic rings. The van der Waals surface area contributed by atoms with Gasteiger partial charge in [-0.25, -0.2) is 4.98 Å². The lowest BCUT2D eigenvalue weighted by molar-refractivity contribution is 0.0937. The average Bonchev–Trinajstić information content (AvgIpc) is 3.40. The quantitative estimate of drug-likeness (QED) is 0.509. The molecular formula is C23H25Cl3N4O. The van der Waals surface area contributed by atoms with E-state index in [9.17, 15) is 4.79 Å². The standard InChI is InChI=1S/C23H24Cl2N4O.ClH/c1-2-28-13-5-6-18(28)14-26-23(30)21-15-29(17-11-9-16(24)10-12-17)22(27-21)19-7-3-4-8-20(19)25;/h3-4,7-12,15,18H,2,5-6,13-14H2,1H3,(H,26,30);1H. The van der Waals surface area contributed by atoms with Gasteiger partial charge in [0.1, 0.15) is 11.5 Å². The van der Waals surface area contributed by atoms with Crippen molar-refractivity contribution in [3.8, 4) is 17.1 Å². The van der Waals surface area contributed by atoms with Crippen molar-refractivity contribution in [3.05, 3.63) is 70.5 Å². The average molecular weight is 480 g/mol. The van der Waals surface area contributed by atoms with Crippen LogP contribution in [0.1, 0.15) is 30.3 Å². The van der Waals surface area contributed by atoms with Crippen LogP contribution in [0, 0.1) is 0 Å². The molecule has 1 aliphatic heterocycles. The molecule has 2 aromatic carbocycles. The molecule has 3 aromatic rings. The Morgan fingerprint density at radius 2 is 1.90 bits per heavy atom. The van der Waals surface area contributed by atoms with Gasteiger partial charge >= 0.3 is 0 Å². The van der Waals surface area contributed by atoms with Gasteiger partial charge in [-0.3, -0.25) is 14.3 Å². The zero-order valence-corrected chi connectivity index (χ0v) is 19.6. The number of nitrogens with one attached hydrogen (secondary N) is 1. The van der Waals surface area contributed by atoms with Crippen molar-refractivity contribution >= 4 is 41.5 Å². The number of halogens is 3. The summed E-state index contributed by atoms with van der Waals surface area (Å²) in [5, 5.41) is 4.29. The van der Waals surface area contributed by atoms with Crippen molar-refractivity contribution in [2.24, 2.45) is 0 Å². The highest BCUT2D eigenvalue weighted by Crippen LogP contribution is 2.29. The second-order valence-electron chi connectivity index (χ2n) is 7.41. The molecule has 0 radical (unpaired) electrons. The summed E-state index contributed by atoms with van der Waals surface area (Å²) in [7, 11) is 0. The molecule has 0 saturated carbocycles. The minimum Gasteiger partial charge on any atom is -0.349 e. The number of hydrogen-bond acceptors (Lipinski definition) is 3. The Kier molecular flexibility index (Phi) is 8.00. The van der Waals surface area contributed by atoms with Gasteiger partial charge in [0.25, 0.3) is 5.91 Å². The van der Waals surface area contributed by atoms with E-state index < -0.39 is 0 Å². The topological polar surface area (TPSA) is 50.2 Å². The summed E-state index contributed by atoms with van der Waals surface area (Å²) in [6, 6.07) is 15.3. The SMILES string of the molecule is CCN1CCCC1CNC(=O)c1cn(-c2ccc(Cl)cc2)c(-c2ccccc2Cl)n1.Cl. The van der Waals surface area contributed by atoms with Gasteiger partial charge in [-0.05, 0) is 62.3 Å². The van der Waals surface area contributed by atoms with Crippen LogP contribution < -0.4 is 5.32 Å². The third kappa shape index (κ3) is 5.24. The van der Waals surface area contributed by atoms with Gasteiger partial charge < -0.3 is 5.32 Å². The Morgan fingerprint density at radius 1 is 1.16 bits per heavy atom. The normalized spacial score (nSPS) is 16.2. The lowest BCUT2D eigenvalue weighted by Crippen LogP contribution is -2.40. The summed E-state index contributed by atoms with van der Waals surface area (Å²) < 4.78 is 1.88. The Labute approximate surface area is 198 Å². The summed E-state index contributed by atoms with van der Waals surface area (Å²) in [5.41, 5.74) is 1.98. The Balaban J connectivity index is 0.00000272. The molecule has 31 heavy (non-hydrogen) atoms. The summed E-state index contributed by atoms with van der Waals surface area (Å²) in [6.45, 7) is 4.88. The molecular weight excluding hydrogens is 455 g/mol. The zero-order chi connectivity index (χ0) is 21.1. The maximum Gasteiger partial charge on any atom is 0.271 e. The summed E-state index contributed by atoms with van der Waals surface area (Å²) >= 11 is 12.5. The van der Waals surface area contributed by atoms with E-state index in [1.54, 1.807) is 6.20 Å². The van der Waals surface area contributed by atoms with E-state index in [-0.39, 0.29) is 18.3 Å². The maximum absolute atomic E-state index is 12.9. The van der Waals surface area contributed by atoms with Crippen LogP contribution in [0.5, 0.6) is 0 Å². The van der Waals surface area contributed by atoms with Gasteiger partial charge in [0.15, 0.2) is 0 Å². The molecule has 0 aliphatic carbocycles. The van der Waals surface area contributed by atoms with Crippen LogP contribution in [-0.4, -0.2) is 46.0 Å². The van der Waals surface area contributed by atoms with Crippen molar-refractivity contribution in [1.29, 1.82) is 0 Å². The van der Waals surface area contributed by atoms with Crippen molar-refractivity contribution < 1.29 is 4.79 Å². The molecule has 1 unspecified atom stereocenters. The van der Waals surface area contributed by atoms with E-state index in [4.69, 9.17) is 23.2 Å². The van der Waals surface area contributed by atoms with Gasteiger partial charge in [-0.1, -0.05) is 42.3 Å². The van der Waals surface area contributed by atoms with Crippen LogP contribution in [0.25, 0.3) is 17.1 Å². The van der Waals surface area contributed by atoms with E-state index in [1.165, 1.54) is 6.42 Å². The van der Waals surface area contributed by atoms with Gasteiger partial charge in [0, 0.05) is 35.1 Å². The fraction of sp³-hybridized carbons (Fsp3) is 0.304. The smallest absolute Gasteiger partial charge is 0.271 e. The molecule has 164 valence electrons. The monoisotopic (exact) mass is 478 g/mol. The highest BCUT2D eigenvalue weighted by atomic mass is 35.5. The fourth-order valence-electron chi connectivity index (χ4n) is 3.96. The first-order valence-electron chi connectivity index (χ1n) is 10.2. The Morgan fingerprint density at radius 3 is 2.61 bits per heavy atom. The molecule has 1 atom stereocenters. The second kappa shape index (κ2) is 10.5. The van der Waals surface area contributed by atoms with Crippen molar-refractivity contribution in [1.82, 2.24) is 19.8 Å². The molecule has 1 amide bonds.